The Morgan fingerprint density at radius 1 is 1.58 bits per heavy atom. The van der Waals surface area contributed by atoms with Gasteiger partial charge in [0.1, 0.15) is 12.4 Å². The molecule has 0 saturated carbocycles. The highest BCUT2D eigenvalue weighted by atomic mass is 16.5. The van der Waals surface area contributed by atoms with Crippen molar-refractivity contribution >= 4 is 0 Å². The van der Waals surface area contributed by atoms with Gasteiger partial charge in [-0.15, -0.1) is 0 Å². The highest BCUT2D eigenvalue weighted by Crippen LogP contribution is 2.01. The normalized spacial score (nSPS) is 17.8. The molecule has 5 nitrogen and oxygen atoms in total. The molecule has 5 heteroatoms. The molecule has 12 heavy (non-hydrogen) atoms. The van der Waals surface area contributed by atoms with Crippen LogP contribution in [-0.4, -0.2) is 34.4 Å². The molecule has 1 aliphatic heterocycles. The number of H-pyrrole nitrogens is 1. The van der Waals surface area contributed by atoms with Gasteiger partial charge in [-0.2, -0.15) is 5.10 Å². The molecule has 1 aliphatic rings. The van der Waals surface area contributed by atoms with Gasteiger partial charge in [-0.1, -0.05) is 0 Å². The van der Waals surface area contributed by atoms with Crippen molar-refractivity contribution in [3.8, 4) is 0 Å². The second kappa shape index (κ2) is 3.20. The first kappa shape index (κ1) is 7.70. The van der Waals surface area contributed by atoms with Gasteiger partial charge < -0.3 is 10.1 Å². The molecule has 0 amide bonds. The molecule has 1 fully saturated rings. The van der Waals surface area contributed by atoms with Gasteiger partial charge in [0.05, 0.1) is 6.10 Å². The van der Waals surface area contributed by atoms with Crippen LogP contribution >= 0.6 is 0 Å². The van der Waals surface area contributed by atoms with Crippen molar-refractivity contribution < 1.29 is 4.74 Å². The van der Waals surface area contributed by atoms with E-state index >= 15 is 0 Å². The summed E-state index contributed by atoms with van der Waals surface area (Å²) in [5.41, 5.74) is 0. The lowest BCUT2D eigenvalue weighted by Crippen LogP contribution is -2.48. The molecule has 0 aliphatic carbocycles. The minimum absolute atomic E-state index is 0.351. The van der Waals surface area contributed by atoms with Gasteiger partial charge in [0.25, 0.3) is 0 Å². The number of nitrogens with zero attached hydrogens (tertiary/aromatic N) is 2. The Morgan fingerprint density at radius 3 is 2.92 bits per heavy atom. The van der Waals surface area contributed by atoms with Gasteiger partial charge in [-0.05, 0) is 6.92 Å². The van der Waals surface area contributed by atoms with Crippen molar-refractivity contribution in [2.75, 3.05) is 13.1 Å². The third kappa shape index (κ3) is 1.62. The van der Waals surface area contributed by atoms with Crippen molar-refractivity contribution in [3.63, 3.8) is 0 Å². The van der Waals surface area contributed by atoms with E-state index in [0.717, 1.165) is 24.7 Å². The summed E-state index contributed by atoms with van der Waals surface area (Å²) in [5.74, 6) is 1.57. The molecule has 1 aromatic heterocycles. The van der Waals surface area contributed by atoms with Crippen molar-refractivity contribution in [3.05, 3.63) is 11.6 Å². The van der Waals surface area contributed by atoms with Crippen LogP contribution in [-0.2, 0) is 11.3 Å². The van der Waals surface area contributed by atoms with E-state index in [-0.39, 0.29) is 0 Å². The van der Waals surface area contributed by atoms with Crippen molar-refractivity contribution in [1.82, 2.24) is 20.5 Å². The number of aromatic amines is 1. The Hall–Kier alpha value is -0.940. The topological polar surface area (TPSA) is 62.8 Å². The Bertz CT molecular complexity index is 256. The Kier molecular flexibility index (Phi) is 2.05. The number of aryl methyl sites for hydroxylation is 1. The van der Waals surface area contributed by atoms with E-state index in [1.54, 1.807) is 0 Å². The number of rotatable bonds is 3. The zero-order valence-electron chi connectivity index (χ0n) is 7.00. The van der Waals surface area contributed by atoms with Gasteiger partial charge in [0.15, 0.2) is 5.82 Å². The third-order valence-corrected chi connectivity index (χ3v) is 1.84. The highest BCUT2D eigenvalue weighted by Gasteiger charge is 2.17. The van der Waals surface area contributed by atoms with E-state index < -0.39 is 0 Å². The fourth-order valence-electron chi connectivity index (χ4n) is 1.03. The average Bonchev–Trinajstić information content (AvgIpc) is 2.32. The first-order chi connectivity index (χ1) is 5.84. The smallest absolute Gasteiger partial charge is 0.176 e. The summed E-state index contributed by atoms with van der Waals surface area (Å²) in [6.45, 7) is 4.28. The van der Waals surface area contributed by atoms with Gasteiger partial charge in [0.2, 0.25) is 0 Å². The summed E-state index contributed by atoms with van der Waals surface area (Å²) in [6.07, 6.45) is 0.351. The van der Waals surface area contributed by atoms with Gasteiger partial charge in [-0.25, -0.2) is 4.98 Å². The Labute approximate surface area is 70.5 Å². The van der Waals surface area contributed by atoms with Crippen LogP contribution in [0.5, 0.6) is 0 Å². The van der Waals surface area contributed by atoms with E-state index in [2.05, 4.69) is 20.5 Å². The molecule has 1 saturated heterocycles. The molecule has 2 heterocycles. The van der Waals surface area contributed by atoms with E-state index in [1.165, 1.54) is 0 Å². The second-order valence-corrected chi connectivity index (χ2v) is 2.93. The van der Waals surface area contributed by atoms with Crippen molar-refractivity contribution in [2.24, 2.45) is 0 Å². The molecule has 0 spiro atoms. The fourth-order valence-corrected chi connectivity index (χ4v) is 1.03. The number of hydrogen-bond donors (Lipinski definition) is 2. The molecule has 0 aromatic carbocycles. The Balaban J connectivity index is 1.79. The first-order valence-corrected chi connectivity index (χ1v) is 4.05. The summed E-state index contributed by atoms with van der Waals surface area (Å²) >= 11 is 0. The number of hydrogen-bond acceptors (Lipinski definition) is 4. The van der Waals surface area contributed by atoms with Gasteiger partial charge in [0, 0.05) is 13.1 Å². The summed E-state index contributed by atoms with van der Waals surface area (Å²) in [7, 11) is 0. The van der Waals surface area contributed by atoms with Crippen LogP contribution < -0.4 is 5.32 Å². The predicted octanol–water partition coefficient (Wildman–Crippen LogP) is -0.398. The van der Waals surface area contributed by atoms with Crippen LogP contribution in [0.3, 0.4) is 0 Å². The van der Waals surface area contributed by atoms with Crippen LogP contribution in [0.25, 0.3) is 0 Å². The number of nitrogens with one attached hydrogen (secondary N) is 2. The Morgan fingerprint density at radius 2 is 2.42 bits per heavy atom. The maximum absolute atomic E-state index is 5.47. The van der Waals surface area contributed by atoms with Gasteiger partial charge >= 0.3 is 0 Å². The standard InChI is InChI=1S/C7H12N4O/c1-5-9-7(11-10-5)4-12-6-2-8-3-6/h6,8H,2-4H2,1H3,(H,9,10,11). The van der Waals surface area contributed by atoms with Crippen LogP contribution in [0.4, 0.5) is 0 Å². The number of aromatic nitrogens is 3. The first-order valence-electron chi connectivity index (χ1n) is 4.05. The summed E-state index contributed by atoms with van der Waals surface area (Å²) < 4.78 is 5.47. The monoisotopic (exact) mass is 168 g/mol. The largest absolute Gasteiger partial charge is 0.368 e. The summed E-state index contributed by atoms with van der Waals surface area (Å²) in [4.78, 5) is 4.13. The molecule has 2 rings (SSSR count). The minimum Gasteiger partial charge on any atom is -0.368 e. The third-order valence-electron chi connectivity index (χ3n) is 1.84. The molecule has 0 unspecified atom stereocenters. The van der Waals surface area contributed by atoms with Crippen LogP contribution in [0.2, 0.25) is 0 Å². The van der Waals surface area contributed by atoms with E-state index in [0.29, 0.717) is 12.7 Å². The van der Waals surface area contributed by atoms with E-state index in [1.807, 2.05) is 6.92 Å². The van der Waals surface area contributed by atoms with E-state index in [4.69, 9.17) is 4.74 Å². The molecule has 2 N–H and O–H groups in total. The van der Waals surface area contributed by atoms with Crippen LogP contribution in [0.1, 0.15) is 11.6 Å². The summed E-state index contributed by atoms with van der Waals surface area (Å²) in [6, 6.07) is 0. The molecular formula is C7H12N4O. The molecule has 1 aromatic rings. The predicted molar refractivity (Wildman–Crippen MR) is 42.6 cm³/mol. The lowest BCUT2D eigenvalue weighted by molar-refractivity contribution is 0.00450. The quantitative estimate of drug-likeness (QED) is 0.644. The van der Waals surface area contributed by atoms with Crippen LogP contribution in [0, 0.1) is 6.92 Å². The second-order valence-electron chi connectivity index (χ2n) is 2.93. The SMILES string of the molecule is Cc1nc(COC2CNC2)n[nH]1. The zero-order chi connectivity index (χ0) is 8.39. The van der Waals surface area contributed by atoms with Crippen molar-refractivity contribution in [1.29, 1.82) is 0 Å². The molecule has 0 atom stereocenters. The van der Waals surface area contributed by atoms with Crippen LogP contribution in [0.15, 0.2) is 0 Å². The summed E-state index contributed by atoms with van der Waals surface area (Å²) in [5, 5.41) is 9.87. The average molecular weight is 168 g/mol. The van der Waals surface area contributed by atoms with Gasteiger partial charge in [-0.3, -0.25) is 5.10 Å². The zero-order valence-corrected chi connectivity index (χ0v) is 7.00. The maximum Gasteiger partial charge on any atom is 0.176 e. The van der Waals surface area contributed by atoms with E-state index in [9.17, 15) is 0 Å². The lowest BCUT2D eigenvalue weighted by Gasteiger charge is -2.26. The molecule has 66 valence electrons. The molecule has 0 bridgehead atoms. The molecule has 0 radical (unpaired) electrons. The number of ether oxygens (including phenoxy) is 1. The minimum atomic E-state index is 0.351. The highest BCUT2D eigenvalue weighted by molar-refractivity contribution is 4.86. The fraction of sp³-hybridized carbons (Fsp3) is 0.714. The lowest BCUT2D eigenvalue weighted by atomic mass is 10.2. The van der Waals surface area contributed by atoms with Crippen molar-refractivity contribution in [2.45, 2.75) is 19.6 Å². The maximum atomic E-state index is 5.47. The molecular weight excluding hydrogens is 156 g/mol.